The lowest BCUT2D eigenvalue weighted by Crippen LogP contribution is -2.41. The maximum atomic E-state index is 12.0. The molecule has 0 saturated carbocycles. The molecule has 1 aromatic heterocycles. The summed E-state index contributed by atoms with van der Waals surface area (Å²) in [6.07, 6.45) is 2.87. The first kappa shape index (κ1) is 16.3. The number of halogens is 1. The first-order chi connectivity index (χ1) is 8.78. The summed E-state index contributed by atoms with van der Waals surface area (Å²) < 4.78 is 31.1. The van der Waals surface area contributed by atoms with Crippen LogP contribution >= 0.6 is 11.6 Å². The number of aromatic nitrogens is 1. The van der Waals surface area contributed by atoms with Gasteiger partial charge in [0.05, 0.1) is 10.6 Å². The van der Waals surface area contributed by atoms with E-state index >= 15 is 0 Å². The van der Waals surface area contributed by atoms with Crippen molar-refractivity contribution in [2.45, 2.75) is 23.8 Å². The third kappa shape index (κ3) is 5.04. The highest BCUT2D eigenvalue weighted by molar-refractivity contribution is 7.89. The number of nitrogens with zero attached hydrogens (tertiary/aromatic N) is 1. The maximum absolute atomic E-state index is 12.0. The van der Waals surface area contributed by atoms with E-state index in [9.17, 15) is 13.5 Å². The number of ether oxygens (including phenoxy) is 1. The molecule has 0 aliphatic rings. The highest BCUT2D eigenvalue weighted by Gasteiger charge is 2.25. The predicted molar refractivity (Wildman–Crippen MR) is 71.6 cm³/mol. The first-order valence-electron chi connectivity index (χ1n) is 5.59. The van der Waals surface area contributed by atoms with Crippen LogP contribution in [0.1, 0.15) is 13.3 Å². The summed E-state index contributed by atoms with van der Waals surface area (Å²) in [5.74, 6) is 0. The maximum Gasteiger partial charge on any atom is 0.243 e. The van der Waals surface area contributed by atoms with Gasteiger partial charge in [-0.2, -0.15) is 0 Å². The monoisotopic (exact) mass is 308 g/mol. The molecule has 6 nitrogen and oxygen atoms in total. The number of rotatable bonds is 7. The van der Waals surface area contributed by atoms with E-state index in [1.165, 1.54) is 26.3 Å². The van der Waals surface area contributed by atoms with Crippen molar-refractivity contribution in [1.82, 2.24) is 9.71 Å². The van der Waals surface area contributed by atoms with Crippen molar-refractivity contribution in [1.29, 1.82) is 0 Å². The van der Waals surface area contributed by atoms with Crippen molar-refractivity contribution in [3.63, 3.8) is 0 Å². The molecule has 2 N–H and O–H groups in total. The van der Waals surface area contributed by atoms with Gasteiger partial charge in [-0.05, 0) is 13.0 Å². The van der Waals surface area contributed by atoms with E-state index in [2.05, 4.69) is 9.71 Å². The minimum Gasteiger partial charge on any atom is -0.389 e. The third-order valence-electron chi connectivity index (χ3n) is 2.51. The van der Waals surface area contributed by atoms with Crippen molar-refractivity contribution >= 4 is 21.6 Å². The fourth-order valence-corrected chi connectivity index (χ4v) is 2.89. The Balaban J connectivity index is 2.74. The highest BCUT2D eigenvalue weighted by atomic mass is 35.5. The molecule has 0 fully saturated rings. The summed E-state index contributed by atoms with van der Waals surface area (Å²) in [4.78, 5) is 3.61. The predicted octanol–water partition coefficient (Wildman–Crippen LogP) is 0.801. The van der Waals surface area contributed by atoms with Crippen LogP contribution in [0.2, 0.25) is 5.02 Å². The van der Waals surface area contributed by atoms with Crippen LogP contribution in [-0.4, -0.2) is 44.4 Å². The van der Waals surface area contributed by atoms with Gasteiger partial charge in [-0.15, -0.1) is 0 Å². The SMILES string of the molecule is COCCC(C)(O)CNS(=O)(=O)c1cnccc1Cl. The highest BCUT2D eigenvalue weighted by Crippen LogP contribution is 2.19. The lowest BCUT2D eigenvalue weighted by Gasteiger charge is -2.23. The van der Waals surface area contributed by atoms with Crippen LogP contribution in [0.3, 0.4) is 0 Å². The standard InChI is InChI=1S/C11H17ClN2O4S/c1-11(15,4-6-18-2)8-14-19(16,17)10-7-13-5-3-9(10)12/h3,5,7,14-15H,4,6,8H2,1-2H3. The molecule has 0 radical (unpaired) electrons. The van der Waals surface area contributed by atoms with Gasteiger partial charge in [0.25, 0.3) is 0 Å². The zero-order valence-corrected chi connectivity index (χ0v) is 12.3. The Morgan fingerprint density at radius 2 is 2.26 bits per heavy atom. The Morgan fingerprint density at radius 1 is 1.58 bits per heavy atom. The van der Waals surface area contributed by atoms with Gasteiger partial charge in [-0.3, -0.25) is 4.98 Å². The van der Waals surface area contributed by atoms with Crippen molar-refractivity contribution in [3.8, 4) is 0 Å². The van der Waals surface area contributed by atoms with Crippen LogP contribution in [0.4, 0.5) is 0 Å². The molecule has 0 bridgehead atoms. The van der Waals surface area contributed by atoms with Gasteiger partial charge in [-0.1, -0.05) is 11.6 Å². The lowest BCUT2D eigenvalue weighted by atomic mass is 10.0. The molecule has 0 amide bonds. The molecule has 1 heterocycles. The van der Waals surface area contributed by atoms with Crippen molar-refractivity contribution in [3.05, 3.63) is 23.5 Å². The van der Waals surface area contributed by atoms with Gasteiger partial charge in [0.1, 0.15) is 4.90 Å². The average molecular weight is 309 g/mol. The van der Waals surface area contributed by atoms with Gasteiger partial charge in [0.2, 0.25) is 10.0 Å². The Morgan fingerprint density at radius 3 is 2.84 bits per heavy atom. The lowest BCUT2D eigenvalue weighted by molar-refractivity contribution is 0.0292. The van der Waals surface area contributed by atoms with Gasteiger partial charge in [0, 0.05) is 39.1 Å². The summed E-state index contributed by atoms with van der Waals surface area (Å²) in [6, 6.07) is 1.39. The minimum atomic E-state index is -3.79. The molecular formula is C11H17ClN2O4S. The van der Waals surface area contributed by atoms with E-state index in [1.807, 2.05) is 0 Å². The summed E-state index contributed by atoms with van der Waals surface area (Å²) >= 11 is 5.80. The van der Waals surface area contributed by atoms with Gasteiger partial charge in [0.15, 0.2) is 0 Å². The smallest absolute Gasteiger partial charge is 0.243 e. The molecule has 1 rings (SSSR count). The second-order valence-corrected chi connectivity index (χ2v) is 6.51. The van der Waals surface area contributed by atoms with Crippen LogP contribution in [-0.2, 0) is 14.8 Å². The topological polar surface area (TPSA) is 88.5 Å². The summed E-state index contributed by atoms with van der Waals surface area (Å²) in [5, 5.41) is 10.1. The number of methoxy groups -OCH3 is 1. The fraction of sp³-hybridized carbons (Fsp3) is 0.545. The summed E-state index contributed by atoms with van der Waals surface area (Å²) in [6.45, 7) is 1.73. The van der Waals surface area contributed by atoms with E-state index in [-0.39, 0.29) is 16.5 Å². The molecule has 1 unspecified atom stereocenters. The molecule has 0 saturated heterocycles. The molecule has 108 valence electrons. The number of aliphatic hydroxyl groups is 1. The van der Waals surface area contributed by atoms with Gasteiger partial charge in [-0.25, -0.2) is 13.1 Å². The first-order valence-corrected chi connectivity index (χ1v) is 7.45. The number of hydrogen-bond acceptors (Lipinski definition) is 5. The number of sulfonamides is 1. The second-order valence-electron chi connectivity index (χ2n) is 4.37. The van der Waals surface area contributed by atoms with Crippen LogP contribution in [0.5, 0.6) is 0 Å². The molecule has 0 aliphatic carbocycles. The number of nitrogens with one attached hydrogen (secondary N) is 1. The fourth-order valence-electron chi connectivity index (χ4n) is 1.30. The number of pyridine rings is 1. The van der Waals surface area contributed by atoms with Crippen molar-refractivity contribution < 1.29 is 18.3 Å². The van der Waals surface area contributed by atoms with Gasteiger partial charge < -0.3 is 9.84 Å². The molecule has 0 aliphatic heterocycles. The molecule has 1 aromatic rings. The third-order valence-corrected chi connectivity index (χ3v) is 4.38. The Kier molecular flexibility index (Phi) is 5.69. The van der Waals surface area contributed by atoms with Crippen LogP contribution in [0.15, 0.2) is 23.4 Å². The van der Waals surface area contributed by atoms with E-state index in [1.54, 1.807) is 0 Å². The van der Waals surface area contributed by atoms with Crippen LogP contribution < -0.4 is 4.72 Å². The normalized spacial score (nSPS) is 15.2. The van der Waals surface area contributed by atoms with Gasteiger partial charge >= 0.3 is 0 Å². The van der Waals surface area contributed by atoms with Crippen LogP contribution in [0, 0.1) is 0 Å². The number of hydrogen-bond donors (Lipinski definition) is 2. The van der Waals surface area contributed by atoms with E-state index < -0.39 is 15.6 Å². The van der Waals surface area contributed by atoms with E-state index in [0.29, 0.717) is 13.0 Å². The summed E-state index contributed by atoms with van der Waals surface area (Å²) in [5.41, 5.74) is -1.20. The molecule has 0 spiro atoms. The van der Waals surface area contributed by atoms with Crippen LogP contribution in [0.25, 0.3) is 0 Å². The quantitative estimate of drug-likeness (QED) is 0.778. The van der Waals surface area contributed by atoms with Crippen molar-refractivity contribution in [2.75, 3.05) is 20.3 Å². The largest absolute Gasteiger partial charge is 0.389 e. The zero-order valence-electron chi connectivity index (χ0n) is 10.8. The minimum absolute atomic E-state index is 0.0824. The zero-order chi connectivity index (χ0) is 14.5. The molecular weight excluding hydrogens is 292 g/mol. The summed E-state index contributed by atoms with van der Waals surface area (Å²) in [7, 11) is -2.28. The van der Waals surface area contributed by atoms with E-state index in [4.69, 9.17) is 16.3 Å². The molecule has 8 heteroatoms. The molecule has 0 aromatic carbocycles. The Bertz CT molecular complexity index is 519. The molecule has 19 heavy (non-hydrogen) atoms. The average Bonchev–Trinajstić information content (AvgIpc) is 2.35. The van der Waals surface area contributed by atoms with Crippen molar-refractivity contribution in [2.24, 2.45) is 0 Å². The molecule has 1 atom stereocenters. The Hall–Kier alpha value is -0.730. The Labute approximate surface area is 117 Å². The van der Waals surface area contributed by atoms with E-state index in [0.717, 1.165) is 6.20 Å². The second kappa shape index (κ2) is 6.62.